The van der Waals surface area contributed by atoms with Crippen molar-refractivity contribution in [2.75, 3.05) is 47.1 Å². The highest BCUT2D eigenvalue weighted by atomic mass is 16.6. The maximum atomic E-state index is 12.9. The Balaban J connectivity index is 4.55. The summed E-state index contributed by atoms with van der Waals surface area (Å²) in [6.45, 7) is 10.3. The van der Waals surface area contributed by atoms with Crippen molar-refractivity contribution in [1.29, 1.82) is 0 Å². The minimum Gasteiger partial charge on any atom is -0.466 e. The number of carbonyl (C=O) groups excluding carboxylic acids is 5. The van der Waals surface area contributed by atoms with Crippen LogP contribution in [0.4, 0.5) is 0 Å². The third-order valence-corrected chi connectivity index (χ3v) is 9.51. The van der Waals surface area contributed by atoms with Crippen molar-refractivity contribution in [3.8, 4) is 0 Å². The van der Waals surface area contributed by atoms with Crippen molar-refractivity contribution in [2.24, 2.45) is 11.8 Å². The number of unbranched alkanes of at least 4 members (excludes halogenated alkanes) is 10. The molecular formula is C43H79NO10. The van der Waals surface area contributed by atoms with E-state index in [0.717, 1.165) is 57.8 Å². The molecule has 0 aromatic heterocycles. The zero-order chi connectivity index (χ0) is 40.2. The minimum atomic E-state index is -1.40. The van der Waals surface area contributed by atoms with Crippen LogP contribution in [0.15, 0.2) is 0 Å². The lowest BCUT2D eigenvalue weighted by molar-refractivity contribution is -0.172. The molecule has 0 fully saturated rings. The number of hydrogen-bond donors (Lipinski definition) is 0. The fourth-order valence-corrected chi connectivity index (χ4v) is 6.08. The van der Waals surface area contributed by atoms with Gasteiger partial charge in [0, 0.05) is 19.4 Å². The van der Waals surface area contributed by atoms with Gasteiger partial charge < -0.3 is 28.6 Å². The summed E-state index contributed by atoms with van der Waals surface area (Å²) in [6, 6.07) is 0. The molecular weight excluding hydrogens is 690 g/mol. The molecule has 0 N–H and O–H groups in total. The zero-order valence-corrected chi connectivity index (χ0v) is 35.3. The largest absolute Gasteiger partial charge is 0.466 e. The standard InChI is InChI=1S/C43H79NO10/c1-7-11-14-15-18-26-37(25-13-9-3)35-53-40(46)28-20-17-22-32-51-43(49)38(54-41(47)29-30-44(5)6)33-42(48)50-31-21-16-19-27-39(45)52-34-36(23-10-4)24-12-8-2/h36-38H,7-35H2,1-6H3. The van der Waals surface area contributed by atoms with E-state index in [0.29, 0.717) is 83.0 Å². The molecule has 0 aromatic rings. The van der Waals surface area contributed by atoms with Crippen molar-refractivity contribution in [3.63, 3.8) is 0 Å². The molecule has 0 radical (unpaired) electrons. The van der Waals surface area contributed by atoms with E-state index in [4.69, 9.17) is 23.7 Å². The van der Waals surface area contributed by atoms with Gasteiger partial charge in [0.25, 0.3) is 0 Å². The first-order valence-corrected chi connectivity index (χ1v) is 21.5. The topological polar surface area (TPSA) is 135 Å². The lowest BCUT2D eigenvalue weighted by Gasteiger charge is -2.17. The van der Waals surface area contributed by atoms with Gasteiger partial charge in [0.05, 0.1) is 39.3 Å². The summed E-state index contributed by atoms with van der Waals surface area (Å²) >= 11 is 0. The van der Waals surface area contributed by atoms with Crippen LogP contribution in [0.3, 0.4) is 0 Å². The lowest BCUT2D eigenvalue weighted by atomic mass is 9.96. The highest BCUT2D eigenvalue weighted by Crippen LogP contribution is 2.19. The average Bonchev–Trinajstić information content (AvgIpc) is 3.14. The van der Waals surface area contributed by atoms with Gasteiger partial charge in [-0.15, -0.1) is 0 Å². The predicted octanol–water partition coefficient (Wildman–Crippen LogP) is 9.31. The summed E-state index contributed by atoms with van der Waals surface area (Å²) in [5.74, 6) is -1.63. The van der Waals surface area contributed by atoms with Crippen LogP contribution in [0.25, 0.3) is 0 Å². The Morgan fingerprint density at radius 1 is 0.463 bits per heavy atom. The van der Waals surface area contributed by atoms with Crippen LogP contribution in [0.5, 0.6) is 0 Å². The van der Waals surface area contributed by atoms with E-state index in [9.17, 15) is 24.0 Å². The number of nitrogens with zero attached hydrogens (tertiary/aromatic N) is 1. The van der Waals surface area contributed by atoms with Crippen LogP contribution in [0.2, 0.25) is 0 Å². The van der Waals surface area contributed by atoms with E-state index >= 15 is 0 Å². The maximum absolute atomic E-state index is 12.9. The smallest absolute Gasteiger partial charge is 0.348 e. The van der Waals surface area contributed by atoms with Gasteiger partial charge in [0.1, 0.15) is 0 Å². The minimum absolute atomic E-state index is 0.0562. The van der Waals surface area contributed by atoms with Crippen LogP contribution < -0.4 is 0 Å². The summed E-state index contributed by atoms with van der Waals surface area (Å²) in [5, 5.41) is 0. The van der Waals surface area contributed by atoms with Gasteiger partial charge in [-0.25, -0.2) is 4.79 Å². The highest BCUT2D eigenvalue weighted by molar-refractivity contribution is 5.84. The molecule has 3 unspecified atom stereocenters. The molecule has 0 spiro atoms. The Hall–Kier alpha value is -2.69. The van der Waals surface area contributed by atoms with E-state index in [2.05, 4.69) is 27.7 Å². The van der Waals surface area contributed by atoms with E-state index in [1.165, 1.54) is 32.1 Å². The van der Waals surface area contributed by atoms with E-state index in [1.54, 1.807) is 0 Å². The summed E-state index contributed by atoms with van der Waals surface area (Å²) < 4.78 is 27.1. The Bertz CT molecular complexity index is 972. The quantitative estimate of drug-likeness (QED) is 0.0340. The number of esters is 5. The molecule has 0 aliphatic carbocycles. The molecule has 0 heterocycles. The lowest BCUT2D eigenvalue weighted by Crippen LogP contribution is -2.33. The highest BCUT2D eigenvalue weighted by Gasteiger charge is 2.28. The zero-order valence-electron chi connectivity index (χ0n) is 35.3. The predicted molar refractivity (Wildman–Crippen MR) is 213 cm³/mol. The van der Waals surface area contributed by atoms with Crippen LogP contribution in [0.1, 0.15) is 182 Å². The second-order valence-electron chi connectivity index (χ2n) is 15.1. The summed E-state index contributed by atoms with van der Waals surface area (Å²) in [7, 11) is 3.63. The van der Waals surface area contributed by atoms with Crippen LogP contribution in [-0.2, 0) is 47.7 Å². The average molecular weight is 770 g/mol. The Kier molecular flexibility index (Phi) is 34.2. The Morgan fingerprint density at radius 3 is 1.50 bits per heavy atom. The normalized spacial score (nSPS) is 12.9. The first-order valence-electron chi connectivity index (χ1n) is 21.5. The van der Waals surface area contributed by atoms with E-state index < -0.39 is 30.4 Å². The molecule has 0 saturated heterocycles. The first kappa shape index (κ1) is 51.3. The van der Waals surface area contributed by atoms with Crippen LogP contribution in [0, 0.1) is 11.8 Å². The fourth-order valence-electron chi connectivity index (χ4n) is 6.08. The molecule has 3 atom stereocenters. The first-order chi connectivity index (χ1) is 26.1. The molecule has 0 bridgehead atoms. The van der Waals surface area contributed by atoms with Gasteiger partial charge in [-0.1, -0.05) is 91.9 Å². The molecule has 0 aliphatic heterocycles. The Labute approximate surface area is 328 Å². The van der Waals surface area contributed by atoms with Gasteiger partial charge in [-0.05, 0) is 90.1 Å². The van der Waals surface area contributed by atoms with E-state index in [1.807, 2.05) is 19.0 Å². The summed E-state index contributed by atoms with van der Waals surface area (Å²) in [4.78, 5) is 64.3. The number of carbonyl (C=O) groups is 5. The SMILES string of the molecule is CCCCCCCC(CCCC)COC(=O)CCCCCOC(=O)C(CC(=O)OCCCCCC(=O)OCC(CCC)CCCC)OC(=O)CCN(C)C. The van der Waals surface area contributed by atoms with Crippen molar-refractivity contribution >= 4 is 29.8 Å². The Morgan fingerprint density at radius 2 is 0.963 bits per heavy atom. The third-order valence-electron chi connectivity index (χ3n) is 9.51. The van der Waals surface area contributed by atoms with Gasteiger partial charge in [0.2, 0.25) is 6.10 Å². The van der Waals surface area contributed by atoms with Crippen molar-refractivity contribution in [2.45, 2.75) is 188 Å². The van der Waals surface area contributed by atoms with Crippen molar-refractivity contribution in [1.82, 2.24) is 4.90 Å². The second-order valence-corrected chi connectivity index (χ2v) is 15.1. The molecule has 316 valence electrons. The molecule has 0 amide bonds. The van der Waals surface area contributed by atoms with Crippen molar-refractivity contribution in [3.05, 3.63) is 0 Å². The maximum Gasteiger partial charge on any atom is 0.348 e. The molecule has 0 rings (SSSR count). The van der Waals surface area contributed by atoms with Crippen LogP contribution >= 0.6 is 0 Å². The monoisotopic (exact) mass is 770 g/mol. The van der Waals surface area contributed by atoms with Crippen LogP contribution in [-0.4, -0.2) is 87.9 Å². The fraction of sp³-hybridized carbons (Fsp3) is 0.884. The van der Waals surface area contributed by atoms with Gasteiger partial charge in [0.15, 0.2) is 0 Å². The molecule has 0 aliphatic rings. The number of hydrogen-bond acceptors (Lipinski definition) is 11. The molecule has 54 heavy (non-hydrogen) atoms. The van der Waals surface area contributed by atoms with Gasteiger partial charge in [-0.2, -0.15) is 0 Å². The molecule has 0 saturated carbocycles. The van der Waals surface area contributed by atoms with E-state index in [-0.39, 0.29) is 31.6 Å². The van der Waals surface area contributed by atoms with Crippen molar-refractivity contribution < 1.29 is 47.7 Å². The number of rotatable bonds is 37. The van der Waals surface area contributed by atoms with Gasteiger partial charge in [-0.3, -0.25) is 19.2 Å². The second kappa shape index (κ2) is 36.0. The number of ether oxygens (including phenoxy) is 5. The molecule has 11 nitrogen and oxygen atoms in total. The third kappa shape index (κ3) is 31.6. The van der Waals surface area contributed by atoms with Gasteiger partial charge >= 0.3 is 29.8 Å². The summed E-state index contributed by atoms with van der Waals surface area (Å²) in [6.07, 6.45) is 18.6. The molecule has 0 aromatic carbocycles. The summed E-state index contributed by atoms with van der Waals surface area (Å²) in [5.41, 5.74) is 0. The molecule has 11 heteroatoms.